The van der Waals surface area contributed by atoms with Crippen LogP contribution in [0.1, 0.15) is 27.5 Å². The van der Waals surface area contributed by atoms with Crippen molar-refractivity contribution >= 4 is 17.2 Å². The number of thiophene rings is 1. The van der Waals surface area contributed by atoms with Gasteiger partial charge in [0.25, 0.3) is 5.91 Å². The number of nitrogens with one attached hydrogen (secondary N) is 1. The zero-order chi connectivity index (χ0) is 16.2. The third-order valence-corrected chi connectivity index (χ3v) is 5.21. The molecule has 1 aliphatic heterocycles. The standard InChI is InChI=1S/C18H23N3OS/c1-19-18(22)16-5-3-4-15(10-16)17-12-21(8-7-20(17)2)11-14-6-9-23-13-14/h3-6,9-10,13,17H,7-8,11-12H2,1-2H3,(H,19,22)/t17-/m0/s1. The fourth-order valence-electron chi connectivity index (χ4n) is 3.11. The van der Waals surface area contributed by atoms with E-state index in [0.29, 0.717) is 6.04 Å². The van der Waals surface area contributed by atoms with E-state index < -0.39 is 0 Å². The van der Waals surface area contributed by atoms with Gasteiger partial charge < -0.3 is 5.32 Å². The molecule has 122 valence electrons. The van der Waals surface area contributed by atoms with E-state index in [1.807, 2.05) is 18.2 Å². The van der Waals surface area contributed by atoms with Gasteiger partial charge in [-0.15, -0.1) is 0 Å². The monoisotopic (exact) mass is 329 g/mol. The molecule has 0 radical (unpaired) electrons. The van der Waals surface area contributed by atoms with Gasteiger partial charge in [-0.2, -0.15) is 11.3 Å². The highest BCUT2D eigenvalue weighted by Crippen LogP contribution is 2.26. The average Bonchev–Trinajstić information content (AvgIpc) is 3.09. The van der Waals surface area contributed by atoms with Crippen molar-refractivity contribution in [1.29, 1.82) is 0 Å². The average molecular weight is 329 g/mol. The van der Waals surface area contributed by atoms with Crippen molar-refractivity contribution in [3.63, 3.8) is 0 Å². The van der Waals surface area contributed by atoms with E-state index in [1.54, 1.807) is 18.4 Å². The van der Waals surface area contributed by atoms with Crippen molar-refractivity contribution in [2.24, 2.45) is 0 Å². The minimum Gasteiger partial charge on any atom is -0.355 e. The fraction of sp³-hybridized carbons (Fsp3) is 0.389. The summed E-state index contributed by atoms with van der Waals surface area (Å²) >= 11 is 1.75. The Morgan fingerprint density at radius 2 is 2.22 bits per heavy atom. The molecule has 0 saturated carbocycles. The predicted octanol–water partition coefficient (Wildman–Crippen LogP) is 2.60. The molecule has 2 heterocycles. The molecule has 0 bridgehead atoms. The number of nitrogens with zero attached hydrogens (tertiary/aromatic N) is 2. The van der Waals surface area contributed by atoms with Crippen molar-refractivity contribution in [3.05, 3.63) is 57.8 Å². The third-order valence-electron chi connectivity index (χ3n) is 4.48. The Labute approximate surface area is 141 Å². The minimum atomic E-state index is -0.0274. The van der Waals surface area contributed by atoms with E-state index in [9.17, 15) is 4.79 Å². The van der Waals surface area contributed by atoms with E-state index in [2.05, 4.69) is 45.1 Å². The maximum absolute atomic E-state index is 11.9. The molecular weight excluding hydrogens is 306 g/mol. The number of rotatable bonds is 4. The van der Waals surface area contributed by atoms with E-state index >= 15 is 0 Å². The molecule has 5 heteroatoms. The van der Waals surface area contributed by atoms with Crippen molar-refractivity contribution in [3.8, 4) is 0 Å². The van der Waals surface area contributed by atoms with Crippen LogP contribution in [0.3, 0.4) is 0 Å². The number of piperazine rings is 1. The van der Waals surface area contributed by atoms with Crippen molar-refractivity contribution in [1.82, 2.24) is 15.1 Å². The van der Waals surface area contributed by atoms with Crippen LogP contribution >= 0.6 is 11.3 Å². The molecule has 0 unspecified atom stereocenters. The number of carbonyl (C=O) groups is 1. The molecule has 1 N–H and O–H groups in total. The maximum Gasteiger partial charge on any atom is 0.251 e. The highest BCUT2D eigenvalue weighted by atomic mass is 32.1. The molecule has 1 aromatic carbocycles. The largest absolute Gasteiger partial charge is 0.355 e. The zero-order valence-electron chi connectivity index (χ0n) is 13.7. The summed E-state index contributed by atoms with van der Waals surface area (Å²) in [6.45, 7) is 4.11. The second kappa shape index (κ2) is 7.25. The van der Waals surface area contributed by atoms with E-state index in [1.165, 1.54) is 11.1 Å². The molecular formula is C18H23N3OS. The number of carbonyl (C=O) groups excluding carboxylic acids is 1. The Bertz CT molecular complexity index is 656. The van der Waals surface area contributed by atoms with Crippen LogP contribution in [0.15, 0.2) is 41.1 Å². The predicted molar refractivity (Wildman–Crippen MR) is 94.8 cm³/mol. The lowest BCUT2D eigenvalue weighted by molar-refractivity contribution is 0.0902. The van der Waals surface area contributed by atoms with Crippen LogP contribution in [0.2, 0.25) is 0 Å². The quantitative estimate of drug-likeness (QED) is 0.936. The van der Waals surface area contributed by atoms with Crippen LogP contribution < -0.4 is 5.32 Å². The molecule has 1 aromatic heterocycles. The molecule has 1 aliphatic rings. The fourth-order valence-corrected chi connectivity index (χ4v) is 3.77. The molecule has 4 nitrogen and oxygen atoms in total. The summed E-state index contributed by atoms with van der Waals surface area (Å²) in [6, 6.07) is 10.5. The van der Waals surface area contributed by atoms with Gasteiger partial charge in [-0.05, 0) is 47.1 Å². The molecule has 23 heavy (non-hydrogen) atoms. The lowest BCUT2D eigenvalue weighted by atomic mass is 10.00. The minimum absolute atomic E-state index is 0.0274. The molecule has 2 aromatic rings. The molecule has 1 atom stereocenters. The van der Waals surface area contributed by atoms with E-state index in [4.69, 9.17) is 0 Å². The van der Waals surface area contributed by atoms with Gasteiger partial charge in [0.05, 0.1) is 0 Å². The Kier molecular flexibility index (Phi) is 5.10. The number of likely N-dealkylation sites (N-methyl/N-ethyl adjacent to an activating group) is 1. The van der Waals surface area contributed by atoms with Gasteiger partial charge in [0.15, 0.2) is 0 Å². The summed E-state index contributed by atoms with van der Waals surface area (Å²) in [4.78, 5) is 16.8. The summed E-state index contributed by atoms with van der Waals surface area (Å²) in [5.41, 5.74) is 3.33. The van der Waals surface area contributed by atoms with Crippen molar-refractivity contribution in [2.75, 3.05) is 33.7 Å². The van der Waals surface area contributed by atoms with Gasteiger partial charge in [0.2, 0.25) is 0 Å². The first-order valence-electron chi connectivity index (χ1n) is 7.93. The molecule has 0 spiro atoms. The highest BCUT2D eigenvalue weighted by molar-refractivity contribution is 7.07. The van der Waals surface area contributed by atoms with Crippen LogP contribution in [-0.2, 0) is 6.54 Å². The van der Waals surface area contributed by atoms with Crippen molar-refractivity contribution in [2.45, 2.75) is 12.6 Å². The summed E-state index contributed by atoms with van der Waals surface area (Å²) in [5, 5.41) is 7.06. The SMILES string of the molecule is CNC(=O)c1cccc([C@@H]2CN(Cc3ccsc3)CCN2C)c1. The first-order valence-corrected chi connectivity index (χ1v) is 8.87. The Hall–Kier alpha value is -1.69. The van der Waals surface area contributed by atoms with Gasteiger partial charge >= 0.3 is 0 Å². The summed E-state index contributed by atoms with van der Waals surface area (Å²) < 4.78 is 0. The molecule has 3 rings (SSSR count). The third kappa shape index (κ3) is 3.80. The van der Waals surface area contributed by atoms with Crippen molar-refractivity contribution < 1.29 is 4.79 Å². The molecule has 1 amide bonds. The number of hydrogen-bond acceptors (Lipinski definition) is 4. The van der Waals surface area contributed by atoms with Gasteiger partial charge in [-0.3, -0.25) is 14.6 Å². The lowest BCUT2D eigenvalue weighted by Gasteiger charge is -2.39. The van der Waals surface area contributed by atoms with Crippen LogP contribution in [-0.4, -0.2) is 49.4 Å². The Morgan fingerprint density at radius 1 is 1.35 bits per heavy atom. The maximum atomic E-state index is 11.9. The van der Waals surface area contributed by atoms with Crippen LogP contribution in [0.5, 0.6) is 0 Å². The molecule has 0 aliphatic carbocycles. The lowest BCUT2D eigenvalue weighted by Crippen LogP contribution is -2.46. The first kappa shape index (κ1) is 16.2. The molecule has 1 fully saturated rings. The Balaban J connectivity index is 1.76. The van der Waals surface area contributed by atoms with Crippen LogP contribution in [0, 0.1) is 0 Å². The smallest absolute Gasteiger partial charge is 0.251 e. The number of benzene rings is 1. The normalized spacial score (nSPS) is 19.7. The van der Waals surface area contributed by atoms with E-state index in [-0.39, 0.29) is 5.91 Å². The highest BCUT2D eigenvalue weighted by Gasteiger charge is 2.26. The number of amides is 1. The van der Waals surface area contributed by atoms with Gasteiger partial charge in [0, 0.05) is 44.8 Å². The summed E-state index contributed by atoms with van der Waals surface area (Å²) in [6.07, 6.45) is 0. The van der Waals surface area contributed by atoms with Gasteiger partial charge in [-0.25, -0.2) is 0 Å². The molecule has 1 saturated heterocycles. The second-order valence-corrected chi connectivity index (χ2v) is 6.85. The van der Waals surface area contributed by atoms with E-state index in [0.717, 1.165) is 31.7 Å². The topological polar surface area (TPSA) is 35.6 Å². The zero-order valence-corrected chi connectivity index (χ0v) is 14.5. The van der Waals surface area contributed by atoms with Gasteiger partial charge in [-0.1, -0.05) is 12.1 Å². The van der Waals surface area contributed by atoms with Crippen LogP contribution in [0.4, 0.5) is 0 Å². The first-order chi connectivity index (χ1) is 11.2. The van der Waals surface area contributed by atoms with Crippen LogP contribution in [0.25, 0.3) is 0 Å². The number of hydrogen-bond donors (Lipinski definition) is 1. The Morgan fingerprint density at radius 3 is 2.96 bits per heavy atom. The summed E-state index contributed by atoms with van der Waals surface area (Å²) in [7, 11) is 3.84. The second-order valence-electron chi connectivity index (χ2n) is 6.07. The summed E-state index contributed by atoms with van der Waals surface area (Å²) in [5.74, 6) is -0.0274. The van der Waals surface area contributed by atoms with Gasteiger partial charge in [0.1, 0.15) is 0 Å².